The summed E-state index contributed by atoms with van der Waals surface area (Å²) in [5.74, 6) is -0.642. The van der Waals surface area contributed by atoms with Crippen LogP contribution in [0.25, 0.3) is 17.2 Å². The Bertz CT molecular complexity index is 910. The molecule has 2 heterocycles. The molecule has 0 radical (unpaired) electrons. The number of aromatic nitrogens is 1. The average Bonchev–Trinajstić information content (AvgIpc) is 2.91. The highest BCUT2D eigenvalue weighted by Crippen LogP contribution is 2.49. The van der Waals surface area contributed by atoms with Crippen LogP contribution in [-0.4, -0.2) is 27.8 Å². The number of rotatable bonds is 3. The first-order chi connectivity index (χ1) is 13.4. The molecule has 146 valence electrons. The molecule has 1 aliphatic carbocycles. The molecule has 1 aromatic carbocycles. The van der Waals surface area contributed by atoms with Gasteiger partial charge in [0, 0.05) is 17.7 Å². The van der Waals surface area contributed by atoms with Crippen molar-refractivity contribution < 1.29 is 19.0 Å². The van der Waals surface area contributed by atoms with Gasteiger partial charge in [0.2, 0.25) is 0 Å². The number of hydrogen-bond acceptors (Lipinski definition) is 4. The standard InChI is InChI=1S/C23H24FNO3/c1-14-10-11-23(27)21(15(2)28-22(23)26)20(14)9-8-19-7-6-17(13-25-19)16-4-3-5-18(24)12-16/h3-9,12-15,20-21,27H,10-11H2,1-2H3/b9-8+. The lowest BCUT2D eigenvalue weighted by Gasteiger charge is -2.40. The van der Waals surface area contributed by atoms with E-state index in [1.165, 1.54) is 12.1 Å². The van der Waals surface area contributed by atoms with Gasteiger partial charge >= 0.3 is 5.97 Å². The Morgan fingerprint density at radius 1 is 1.25 bits per heavy atom. The molecule has 0 amide bonds. The Morgan fingerprint density at radius 3 is 2.79 bits per heavy atom. The van der Waals surface area contributed by atoms with Crippen LogP contribution in [0.1, 0.15) is 32.4 Å². The van der Waals surface area contributed by atoms with E-state index in [9.17, 15) is 14.3 Å². The first-order valence-electron chi connectivity index (χ1n) is 9.72. The molecule has 28 heavy (non-hydrogen) atoms. The van der Waals surface area contributed by atoms with Crippen molar-refractivity contribution in [2.75, 3.05) is 0 Å². The fourth-order valence-electron chi connectivity index (χ4n) is 4.62. The lowest BCUT2D eigenvalue weighted by Crippen LogP contribution is -2.50. The van der Waals surface area contributed by atoms with Crippen LogP contribution in [0.2, 0.25) is 0 Å². The smallest absolute Gasteiger partial charge is 0.338 e. The van der Waals surface area contributed by atoms with Crippen LogP contribution in [0.15, 0.2) is 48.7 Å². The van der Waals surface area contributed by atoms with Crippen molar-refractivity contribution in [1.29, 1.82) is 0 Å². The highest BCUT2D eigenvalue weighted by atomic mass is 19.1. The van der Waals surface area contributed by atoms with Crippen molar-refractivity contribution >= 4 is 12.0 Å². The summed E-state index contributed by atoms with van der Waals surface area (Å²) < 4.78 is 18.8. The summed E-state index contributed by atoms with van der Waals surface area (Å²) in [5, 5.41) is 10.9. The lowest BCUT2D eigenvalue weighted by molar-refractivity contribution is -0.158. The summed E-state index contributed by atoms with van der Waals surface area (Å²) in [6.45, 7) is 4.00. The number of ether oxygens (including phenoxy) is 1. The minimum atomic E-state index is -1.38. The third kappa shape index (κ3) is 3.24. The van der Waals surface area contributed by atoms with Gasteiger partial charge in [0.25, 0.3) is 0 Å². The fourth-order valence-corrected chi connectivity index (χ4v) is 4.62. The van der Waals surface area contributed by atoms with Gasteiger partial charge in [-0.25, -0.2) is 9.18 Å². The zero-order chi connectivity index (χ0) is 19.9. The molecule has 2 aromatic rings. The quantitative estimate of drug-likeness (QED) is 0.808. The van der Waals surface area contributed by atoms with Gasteiger partial charge in [0.1, 0.15) is 11.9 Å². The van der Waals surface area contributed by atoms with Gasteiger partial charge in [0.05, 0.1) is 5.69 Å². The SMILES string of the molecule is CC1CCC2(O)C(=O)OC(C)C2C1/C=C/c1ccc(-c2cccc(F)c2)cn1. The van der Waals surface area contributed by atoms with Crippen molar-refractivity contribution in [2.24, 2.45) is 17.8 Å². The van der Waals surface area contributed by atoms with Crippen LogP contribution in [0.3, 0.4) is 0 Å². The topological polar surface area (TPSA) is 59.4 Å². The molecule has 1 aliphatic heterocycles. The molecule has 2 aliphatic rings. The largest absolute Gasteiger partial charge is 0.460 e. The molecule has 1 aromatic heterocycles. The van der Waals surface area contributed by atoms with E-state index in [1.807, 2.05) is 37.3 Å². The van der Waals surface area contributed by atoms with E-state index in [-0.39, 0.29) is 23.8 Å². The first-order valence-corrected chi connectivity index (χ1v) is 9.72. The minimum absolute atomic E-state index is 0.0323. The number of halogens is 1. The molecule has 1 saturated heterocycles. The van der Waals surface area contributed by atoms with Gasteiger partial charge in [-0.05, 0) is 61.4 Å². The van der Waals surface area contributed by atoms with Crippen LogP contribution in [0.5, 0.6) is 0 Å². The molecule has 2 fully saturated rings. The predicted molar refractivity (Wildman–Crippen MR) is 105 cm³/mol. The van der Waals surface area contributed by atoms with E-state index in [1.54, 1.807) is 12.3 Å². The van der Waals surface area contributed by atoms with Gasteiger partial charge in [-0.1, -0.05) is 31.2 Å². The summed E-state index contributed by atoms with van der Waals surface area (Å²) >= 11 is 0. The molecule has 5 atom stereocenters. The number of cyclic esters (lactones) is 1. The number of fused-ring (bicyclic) bond motifs is 1. The van der Waals surface area contributed by atoms with Crippen LogP contribution in [0, 0.1) is 23.6 Å². The molecular weight excluding hydrogens is 357 g/mol. The van der Waals surface area contributed by atoms with E-state index < -0.39 is 11.6 Å². The van der Waals surface area contributed by atoms with Crippen molar-refractivity contribution in [3.05, 3.63) is 60.2 Å². The van der Waals surface area contributed by atoms with Crippen molar-refractivity contribution in [3.63, 3.8) is 0 Å². The molecule has 0 spiro atoms. The van der Waals surface area contributed by atoms with Crippen LogP contribution in [-0.2, 0) is 9.53 Å². The molecule has 1 saturated carbocycles. The van der Waals surface area contributed by atoms with Gasteiger partial charge in [-0.3, -0.25) is 4.98 Å². The number of esters is 1. The van der Waals surface area contributed by atoms with E-state index in [0.29, 0.717) is 12.3 Å². The average molecular weight is 381 g/mol. The Kier molecular flexibility index (Phi) is 4.79. The summed E-state index contributed by atoms with van der Waals surface area (Å²) in [6, 6.07) is 10.2. The van der Waals surface area contributed by atoms with Crippen LogP contribution in [0.4, 0.5) is 4.39 Å². The fraction of sp³-hybridized carbons (Fsp3) is 0.391. The van der Waals surface area contributed by atoms with Crippen molar-refractivity contribution in [2.45, 2.75) is 38.4 Å². The Balaban J connectivity index is 1.55. The van der Waals surface area contributed by atoms with Crippen LogP contribution < -0.4 is 0 Å². The second-order valence-electron chi connectivity index (χ2n) is 7.99. The number of nitrogens with zero attached hydrogens (tertiary/aromatic N) is 1. The maximum atomic E-state index is 13.4. The van der Waals surface area contributed by atoms with E-state index in [0.717, 1.165) is 23.2 Å². The molecule has 5 heteroatoms. The molecule has 4 rings (SSSR count). The third-order valence-corrected chi connectivity index (χ3v) is 6.19. The van der Waals surface area contributed by atoms with Gasteiger partial charge in [-0.2, -0.15) is 0 Å². The van der Waals surface area contributed by atoms with Gasteiger partial charge in [0.15, 0.2) is 5.60 Å². The van der Waals surface area contributed by atoms with Crippen LogP contribution >= 0.6 is 0 Å². The van der Waals surface area contributed by atoms with E-state index in [2.05, 4.69) is 11.9 Å². The molecule has 5 unspecified atom stereocenters. The van der Waals surface area contributed by atoms with E-state index in [4.69, 9.17) is 4.74 Å². The third-order valence-electron chi connectivity index (χ3n) is 6.19. The zero-order valence-corrected chi connectivity index (χ0v) is 16.0. The van der Waals surface area contributed by atoms with Gasteiger partial charge < -0.3 is 9.84 Å². The Hall–Kier alpha value is -2.53. The number of allylic oxidation sites excluding steroid dienone is 1. The summed E-state index contributed by atoms with van der Waals surface area (Å²) in [5.41, 5.74) is 1.03. The Morgan fingerprint density at radius 2 is 2.07 bits per heavy atom. The normalized spacial score (nSPS) is 32.4. The number of pyridine rings is 1. The maximum absolute atomic E-state index is 13.4. The highest BCUT2D eigenvalue weighted by Gasteiger charge is 2.59. The number of carbonyl (C=O) groups is 1. The second kappa shape index (κ2) is 7.13. The molecule has 4 nitrogen and oxygen atoms in total. The maximum Gasteiger partial charge on any atom is 0.338 e. The summed E-state index contributed by atoms with van der Waals surface area (Å²) in [7, 11) is 0. The number of hydrogen-bond donors (Lipinski definition) is 1. The summed E-state index contributed by atoms with van der Waals surface area (Å²) in [6.07, 6.45) is 6.61. The highest BCUT2D eigenvalue weighted by molar-refractivity contribution is 5.82. The van der Waals surface area contributed by atoms with Gasteiger partial charge in [-0.15, -0.1) is 0 Å². The molecule has 0 bridgehead atoms. The minimum Gasteiger partial charge on any atom is -0.460 e. The monoisotopic (exact) mass is 381 g/mol. The summed E-state index contributed by atoms with van der Waals surface area (Å²) in [4.78, 5) is 16.6. The number of benzene rings is 1. The number of carbonyl (C=O) groups excluding carboxylic acids is 1. The molecular formula is C23H24FNO3. The van der Waals surface area contributed by atoms with Crippen molar-refractivity contribution in [1.82, 2.24) is 4.98 Å². The number of aliphatic hydroxyl groups is 1. The lowest BCUT2D eigenvalue weighted by atomic mass is 9.64. The zero-order valence-electron chi connectivity index (χ0n) is 16.0. The molecule has 1 N–H and O–H groups in total. The second-order valence-corrected chi connectivity index (χ2v) is 7.99. The van der Waals surface area contributed by atoms with E-state index >= 15 is 0 Å². The Labute approximate surface area is 164 Å². The first kappa shape index (κ1) is 18.8. The van der Waals surface area contributed by atoms with Crippen molar-refractivity contribution in [3.8, 4) is 11.1 Å². The predicted octanol–water partition coefficient (Wildman–Crippen LogP) is 4.24.